The number of nitrogens with zero attached hydrogens (tertiary/aromatic N) is 5. The van der Waals surface area contributed by atoms with Crippen molar-refractivity contribution in [2.45, 2.75) is 51.9 Å². The van der Waals surface area contributed by atoms with Crippen LogP contribution in [0.2, 0.25) is 0 Å². The molecular weight excluding hydrogens is 408 g/mol. The van der Waals surface area contributed by atoms with E-state index in [9.17, 15) is 0 Å². The maximum atomic E-state index is 8.52. The number of anilines is 1. The fraction of sp³-hybridized carbons (Fsp3) is 0.545. The fourth-order valence-corrected chi connectivity index (χ4v) is 3.85. The molecule has 0 bridgehead atoms. The van der Waals surface area contributed by atoms with E-state index in [1.165, 1.54) is 0 Å². The van der Waals surface area contributed by atoms with Crippen molar-refractivity contribution >= 4 is 23.3 Å². The van der Waals surface area contributed by atoms with E-state index < -0.39 is 0 Å². The molecule has 0 aromatic carbocycles. The lowest BCUT2D eigenvalue weighted by Crippen LogP contribution is -2.31. The number of allylic oxidation sites excluding steroid dienone is 1. The third kappa shape index (κ3) is 6.07. The number of thioether (sulfide) groups is 1. The molecule has 9 heteroatoms. The first-order valence-corrected chi connectivity index (χ1v) is 11.8. The van der Waals surface area contributed by atoms with E-state index >= 15 is 0 Å². The SMILES string of the molecule is CNCC(=N)/C(CNc1cccc(-c2nnc(SC)n2C(C)C)n1)=C(/C)N(C)C(C)C. The summed E-state index contributed by atoms with van der Waals surface area (Å²) in [4.78, 5) is 6.98. The molecule has 0 aliphatic rings. The molecular formula is C22H36N8S. The summed E-state index contributed by atoms with van der Waals surface area (Å²) >= 11 is 1.58. The van der Waals surface area contributed by atoms with Crippen LogP contribution in [0.4, 0.5) is 5.82 Å². The van der Waals surface area contributed by atoms with Gasteiger partial charge in [0, 0.05) is 43.5 Å². The van der Waals surface area contributed by atoms with Crippen molar-refractivity contribution in [3.63, 3.8) is 0 Å². The minimum atomic E-state index is 0.233. The van der Waals surface area contributed by atoms with Crippen LogP contribution in [0.15, 0.2) is 34.6 Å². The maximum absolute atomic E-state index is 8.52. The van der Waals surface area contributed by atoms with E-state index in [0.717, 1.165) is 33.8 Å². The topological polar surface area (TPSA) is 94.8 Å². The van der Waals surface area contributed by atoms with Gasteiger partial charge in [-0.15, -0.1) is 10.2 Å². The summed E-state index contributed by atoms with van der Waals surface area (Å²) in [5.41, 5.74) is 3.40. The molecule has 0 saturated heterocycles. The van der Waals surface area contributed by atoms with Gasteiger partial charge in [-0.25, -0.2) is 4.98 Å². The number of nitrogens with one attached hydrogen (secondary N) is 3. The molecule has 2 rings (SSSR count). The zero-order chi connectivity index (χ0) is 23.1. The third-order valence-electron chi connectivity index (χ3n) is 5.25. The molecule has 170 valence electrons. The van der Waals surface area contributed by atoms with Gasteiger partial charge in [0.2, 0.25) is 0 Å². The highest BCUT2D eigenvalue weighted by Crippen LogP contribution is 2.26. The maximum Gasteiger partial charge on any atom is 0.191 e. The van der Waals surface area contributed by atoms with Crippen LogP contribution in [-0.4, -0.2) is 69.8 Å². The third-order valence-corrected chi connectivity index (χ3v) is 5.89. The highest BCUT2D eigenvalue weighted by atomic mass is 32.2. The predicted octanol–water partition coefficient (Wildman–Crippen LogP) is 3.91. The van der Waals surface area contributed by atoms with Gasteiger partial charge in [-0.2, -0.15) is 0 Å². The van der Waals surface area contributed by atoms with E-state index in [1.54, 1.807) is 11.8 Å². The fourth-order valence-electron chi connectivity index (χ4n) is 3.23. The summed E-state index contributed by atoms with van der Waals surface area (Å²) < 4.78 is 2.10. The average Bonchev–Trinajstić information content (AvgIpc) is 3.18. The summed E-state index contributed by atoms with van der Waals surface area (Å²) in [5, 5.41) is 24.6. The Kier molecular flexibility index (Phi) is 9.06. The van der Waals surface area contributed by atoms with Crippen molar-refractivity contribution < 1.29 is 0 Å². The molecule has 0 atom stereocenters. The Balaban J connectivity index is 2.32. The molecule has 0 spiro atoms. The molecule has 0 fully saturated rings. The van der Waals surface area contributed by atoms with Gasteiger partial charge in [0.15, 0.2) is 11.0 Å². The van der Waals surface area contributed by atoms with E-state index in [4.69, 9.17) is 10.4 Å². The Morgan fingerprint density at radius 1 is 1.19 bits per heavy atom. The van der Waals surface area contributed by atoms with Crippen molar-refractivity contribution in [3.8, 4) is 11.5 Å². The van der Waals surface area contributed by atoms with Crippen molar-refractivity contribution in [2.75, 3.05) is 38.8 Å². The minimum Gasteiger partial charge on any atom is -0.375 e. The van der Waals surface area contributed by atoms with Crippen molar-refractivity contribution in [1.29, 1.82) is 5.41 Å². The van der Waals surface area contributed by atoms with Crippen LogP contribution in [0.5, 0.6) is 0 Å². The summed E-state index contributed by atoms with van der Waals surface area (Å²) in [6, 6.07) is 6.45. The lowest BCUT2D eigenvalue weighted by atomic mass is 10.1. The normalized spacial score (nSPS) is 12.3. The summed E-state index contributed by atoms with van der Waals surface area (Å²) in [6.07, 6.45) is 2.00. The monoisotopic (exact) mass is 444 g/mol. The van der Waals surface area contributed by atoms with Crippen molar-refractivity contribution in [2.24, 2.45) is 0 Å². The van der Waals surface area contributed by atoms with Gasteiger partial charge in [-0.1, -0.05) is 17.8 Å². The van der Waals surface area contributed by atoms with Crippen LogP contribution in [0.25, 0.3) is 11.5 Å². The van der Waals surface area contributed by atoms with Crippen LogP contribution < -0.4 is 10.6 Å². The molecule has 8 nitrogen and oxygen atoms in total. The van der Waals surface area contributed by atoms with Gasteiger partial charge in [0.05, 0.1) is 5.71 Å². The van der Waals surface area contributed by atoms with Crippen LogP contribution >= 0.6 is 11.8 Å². The van der Waals surface area contributed by atoms with Crippen LogP contribution in [0.1, 0.15) is 40.7 Å². The Morgan fingerprint density at radius 3 is 2.48 bits per heavy atom. The molecule has 0 radical (unpaired) electrons. The van der Waals surface area contributed by atoms with Gasteiger partial charge >= 0.3 is 0 Å². The first kappa shape index (κ1) is 24.9. The first-order valence-electron chi connectivity index (χ1n) is 10.6. The van der Waals surface area contributed by atoms with Gasteiger partial charge < -0.3 is 20.9 Å². The zero-order valence-electron chi connectivity index (χ0n) is 19.9. The number of aromatic nitrogens is 4. The molecule has 3 N–H and O–H groups in total. The van der Waals surface area contributed by atoms with Gasteiger partial charge in [-0.05, 0) is 60.1 Å². The van der Waals surface area contributed by atoms with Gasteiger partial charge in [0.25, 0.3) is 0 Å². The van der Waals surface area contributed by atoms with Crippen LogP contribution in [0.3, 0.4) is 0 Å². The second-order valence-electron chi connectivity index (χ2n) is 8.01. The highest BCUT2D eigenvalue weighted by molar-refractivity contribution is 7.98. The molecule has 0 aliphatic carbocycles. The zero-order valence-corrected chi connectivity index (χ0v) is 20.8. The first-order chi connectivity index (χ1) is 14.7. The summed E-state index contributed by atoms with van der Waals surface area (Å²) in [6.45, 7) is 11.6. The van der Waals surface area contributed by atoms with E-state index in [-0.39, 0.29) is 6.04 Å². The Labute approximate surface area is 190 Å². The van der Waals surface area contributed by atoms with E-state index in [1.807, 2.05) is 31.5 Å². The smallest absolute Gasteiger partial charge is 0.191 e. The van der Waals surface area contributed by atoms with Crippen molar-refractivity contribution in [3.05, 3.63) is 29.5 Å². The molecule has 0 saturated carbocycles. The Hall–Kier alpha value is -2.39. The number of hydrogen-bond acceptors (Lipinski definition) is 8. The Morgan fingerprint density at radius 2 is 1.90 bits per heavy atom. The lowest BCUT2D eigenvalue weighted by Gasteiger charge is -2.28. The second kappa shape index (κ2) is 11.3. The molecule has 0 amide bonds. The summed E-state index contributed by atoms with van der Waals surface area (Å²) in [5.74, 6) is 1.51. The largest absolute Gasteiger partial charge is 0.375 e. The highest BCUT2D eigenvalue weighted by Gasteiger charge is 2.18. The van der Waals surface area contributed by atoms with Crippen LogP contribution in [-0.2, 0) is 0 Å². The number of hydrogen-bond donors (Lipinski definition) is 3. The summed E-state index contributed by atoms with van der Waals surface area (Å²) in [7, 11) is 3.92. The average molecular weight is 445 g/mol. The van der Waals surface area contributed by atoms with Gasteiger partial charge in [0.1, 0.15) is 11.5 Å². The molecule has 2 aromatic rings. The molecule has 31 heavy (non-hydrogen) atoms. The van der Waals surface area contributed by atoms with E-state index in [0.29, 0.717) is 24.8 Å². The van der Waals surface area contributed by atoms with Crippen LogP contribution in [0, 0.1) is 5.41 Å². The second-order valence-corrected chi connectivity index (χ2v) is 8.79. The van der Waals surface area contributed by atoms with Crippen molar-refractivity contribution in [1.82, 2.24) is 30.0 Å². The molecule has 2 heterocycles. The molecule has 2 aromatic heterocycles. The van der Waals surface area contributed by atoms with Gasteiger partial charge in [-0.3, -0.25) is 4.57 Å². The number of rotatable bonds is 11. The lowest BCUT2D eigenvalue weighted by molar-refractivity contribution is 0.343. The number of pyridine rings is 1. The quantitative estimate of drug-likeness (QED) is 0.357. The molecule has 0 unspecified atom stereocenters. The minimum absolute atomic E-state index is 0.233. The van der Waals surface area contributed by atoms with E-state index in [2.05, 4.69) is 72.0 Å². The predicted molar refractivity (Wildman–Crippen MR) is 131 cm³/mol. The Bertz CT molecular complexity index is 916. The molecule has 0 aliphatic heterocycles. The standard InChI is InChI=1S/C22H36N8S/c1-14(2)29(7)16(5)17(18(23)13-24-6)12-25-20-11-9-10-19(26-20)21-27-28-22(31-8)30(21)15(3)4/h9-11,14-15,23-24H,12-13H2,1-8H3,(H,25,26)/b17-16-,23-18?.